The van der Waals surface area contributed by atoms with Crippen LogP contribution in [0, 0.1) is 0 Å². The van der Waals surface area contributed by atoms with E-state index < -0.39 is 36.0 Å². The van der Waals surface area contributed by atoms with Crippen LogP contribution in [-0.2, 0) is 24.7 Å². The van der Waals surface area contributed by atoms with Gasteiger partial charge in [0.2, 0.25) is 0 Å². The van der Waals surface area contributed by atoms with E-state index in [2.05, 4.69) is 5.32 Å². The molecule has 2 aromatic carbocycles. The third-order valence-electron chi connectivity index (χ3n) is 5.99. The molecule has 2 aromatic rings. The Morgan fingerprint density at radius 1 is 1.09 bits per heavy atom. The summed E-state index contributed by atoms with van der Waals surface area (Å²) in [6.45, 7) is 0.924. The summed E-state index contributed by atoms with van der Waals surface area (Å²) >= 11 is 6.41. The molecule has 1 fully saturated rings. The number of hydrogen-bond acceptors (Lipinski definition) is 5. The number of ketones is 1. The molecule has 0 spiro atoms. The molecule has 33 heavy (non-hydrogen) atoms. The molecule has 1 aliphatic carbocycles. The zero-order valence-corrected chi connectivity index (χ0v) is 19.4. The molecular formula is C25H27ClN2O5. The lowest BCUT2D eigenvalue weighted by Crippen LogP contribution is -2.55. The molecule has 8 heteroatoms. The molecule has 0 aromatic heterocycles. The van der Waals surface area contributed by atoms with Gasteiger partial charge in [0, 0.05) is 29.6 Å². The van der Waals surface area contributed by atoms with Gasteiger partial charge in [0.1, 0.15) is 11.6 Å². The van der Waals surface area contributed by atoms with Crippen LogP contribution in [0.4, 0.5) is 0 Å². The smallest absolute Gasteiger partial charge is 0.328 e. The second-order valence-electron chi connectivity index (χ2n) is 8.09. The lowest BCUT2D eigenvalue weighted by molar-refractivity contribution is -0.158. The molecule has 0 unspecified atom stereocenters. The minimum Gasteiger partial charge on any atom is -0.454 e. The molecule has 1 saturated carbocycles. The van der Waals surface area contributed by atoms with Gasteiger partial charge in [0.25, 0.3) is 11.8 Å². The molecule has 1 aliphatic rings. The van der Waals surface area contributed by atoms with E-state index in [9.17, 15) is 19.2 Å². The van der Waals surface area contributed by atoms with E-state index in [1.807, 2.05) is 0 Å². The Morgan fingerprint density at radius 3 is 2.42 bits per heavy atom. The van der Waals surface area contributed by atoms with Gasteiger partial charge in [0.05, 0.1) is 0 Å². The number of rotatable bonds is 7. The van der Waals surface area contributed by atoms with E-state index in [0.717, 1.165) is 12.8 Å². The first kappa shape index (κ1) is 24.5. The lowest BCUT2D eigenvalue weighted by Gasteiger charge is -2.43. The van der Waals surface area contributed by atoms with Gasteiger partial charge in [-0.25, -0.2) is 4.79 Å². The van der Waals surface area contributed by atoms with E-state index in [1.165, 1.54) is 18.9 Å². The van der Waals surface area contributed by atoms with Gasteiger partial charge < -0.3 is 15.0 Å². The first-order valence-electron chi connectivity index (χ1n) is 10.8. The van der Waals surface area contributed by atoms with E-state index in [4.69, 9.17) is 16.3 Å². The maximum absolute atomic E-state index is 13.1. The number of ether oxygens (including phenoxy) is 1. The van der Waals surface area contributed by atoms with Crippen LogP contribution >= 0.6 is 11.6 Å². The molecule has 174 valence electrons. The minimum absolute atomic E-state index is 0.0903. The largest absolute Gasteiger partial charge is 0.454 e. The first-order chi connectivity index (χ1) is 15.8. The fraction of sp³-hybridized carbons (Fsp3) is 0.360. The molecule has 1 N–H and O–H groups in total. The van der Waals surface area contributed by atoms with E-state index in [0.29, 0.717) is 29.0 Å². The molecule has 0 bridgehead atoms. The second kappa shape index (κ2) is 10.6. The number of esters is 1. The summed E-state index contributed by atoms with van der Waals surface area (Å²) in [7, 11) is 1.53. The predicted octanol–water partition coefficient (Wildman–Crippen LogP) is 3.50. The van der Waals surface area contributed by atoms with Gasteiger partial charge in [-0.3, -0.25) is 14.4 Å². The quantitative estimate of drug-likeness (QED) is 0.625. The van der Waals surface area contributed by atoms with Crippen molar-refractivity contribution >= 4 is 35.2 Å². The molecule has 0 aliphatic heterocycles. The highest BCUT2D eigenvalue weighted by molar-refractivity contribution is 6.31. The number of carbonyl (C=O) groups excluding carboxylic acids is 4. The normalized spacial score (nSPS) is 18.8. The van der Waals surface area contributed by atoms with E-state index >= 15 is 0 Å². The van der Waals surface area contributed by atoms with Crippen molar-refractivity contribution in [1.29, 1.82) is 0 Å². The summed E-state index contributed by atoms with van der Waals surface area (Å²) in [5.41, 5.74) is -0.222. The van der Waals surface area contributed by atoms with Crippen LogP contribution in [-0.4, -0.2) is 48.2 Å². The Balaban J connectivity index is 1.68. The van der Waals surface area contributed by atoms with Crippen LogP contribution < -0.4 is 5.32 Å². The van der Waals surface area contributed by atoms with Gasteiger partial charge in [-0.15, -0.1) is 0 Å². The standard InChI is InChI=1S/C25H27ClN2O5/c1-17(27-23(31)18-10-4-3-5-11-18)24(32)33-16-22(30)28(2)25(15-9-8-14-21(25)29)19-12-6-7-13-20(19)26/h3-7,10-13,17H,8-9,14-16H2,1-2H3,(H,27,31)/t17-,25-/m1/s1. The summed E-state index contributed by atoms with van der Waals surface area (Å²) in [5, 5.41) is 2.95. The number of Topliss-reactive ketones (excluding diaryl/α,β-unsaturated/α-hetero) is 1. The van der Waals surface area contributed by atoms with Gasteiger partial charge >= 0.3 is 5.97 Å². The summed E-state index contributed by atoms with van der Waals surface area (Å²) in [6, 6.07) is 14.5. The van der Waals surface area contributed by atoms with Crippen molar-refractivity contribution in [3.63, 3.8) is 0 Å². The molecule has 0 heterocycles. The lowest BCUT2D eigenvalue weighted by atomic mass is 9.74. The minimum atomic E-state index is -1.20. The number of nitrogens with one attached hydrogen (secondary N) is 1. The molecule has 2 atom stereocenters. The van der Waals surface area contributed by atoms with Crippen LogP contribution in [0.5, 0.6) is 0 Å². The third-order valence-corrected chi connectivity index (χ3v) is 6.32. The zero-order valence-electron chi connectivity index (χ0n) is 18.7. The highest BCUT2D eigenvalue weighted by atomic mass is 35.5. The SMILES string of the molecule is C[C@@H](NC(=O)c1ccccc1)C(=O)OCC(=O)N(C)[C@@]1(c2ccccc2Cl)CCCCC1=O. The van der Waals surface area contributed by atoms with Crippen molar-refractivity contribution in [3.8, 4) is 0 Å². The van der Waals surface area contributed by atoms with Crippen molar-refractivity contribution in [2.24, 2.45) is 0 Å². The van der Waals surface area contributed by atoms with Crippen LogP contribution in [0.3, 0.4) is 0 Å². The summed E-state index contributed by atoms with van der Waals surface area (Å²) in [5.74, 6) is -1.79. The number of benzene rings is 2. The van der Waals surface area contributed by atoms with Crippen LogP contribution in [0.2, 0.25) is 5.02 Å². The Labute approximate surface area is 198 Å². The summed E-state index contributed by atoms with van der Waals surface area (Å²) < 4.78 is 5.17. The Kier molecular flexibility index (Phi) is 7.87. The Morgan fingerprint density at radius 2 is 1.76 bits per heavy atom. The number of amides is 2. The predicted molar refractivity (Wildman–Crippen MR) is 124 cm³/mol. The fourth-order valence-electron chi connectivity index (χ4n) is 4.13. The van der Waals surface area contributed by atoms with Gasteiger partial charge in [-0.05, 0) is 44.4 Å². The molecule has 0 saturated heterocycles. The van der Waals surface area contributed by atoms with Crippen molar-refractivity contribution in [3.05, 3.63) is 70.7 Å². The zero-order chi connectivity index (χ0) is 24.0. The number of hydrogen-bond donors (Lipinski definition) is 1. The maximum atomic E-state index is 13.1. The van der Waals surface area contributed by atoms with Crippen molar-refractivity contribution in [2.45, 2.75) is 44.2 Å². The van der Waals surface area contributed by atoms with Crippen molar-refractivity contribution in [1.82, 2.24) is 10.2 Å². The summed E-state index contributed by atoms with van der Waals surface area (Å²) in [4.78, 5) is 52.1. The molecular weight excluding hydrogens is 444 g/mol. The summed E-state index contributed by atoms with van der Waals surface area (Å²) in [6.07, 6.45) is 2.29. The topological polar surface area (TPSA) is 92.8 Å². The van der Waals surface area contributed by atoms with E-state index in [-0.39, 0.29) is 5.78 Å². The monoisotopic (exact) mass is 470 g/mol. The fourth-order valence-corrected chi connectivity index (χ4v) is 4.42. The van der Waals surface area contributed by atoms with Gasteiger partial charge in [0.15, 0.2) is 12.4 Å². The van der Waals surface area contributed by atoms with Crippen LogP contribution in [0.15, 0.2) is 54.6 Å². The highest BCUT2D eigenvalue weighted by Gasteiger charge is 2.48. The molecule has 2 amide bonds. The van der Waals surface area contributed by atoms with Crippen LogP contribution in [0.25, 0.3) is 0 Å². The Hall–Kier alpha value is -3.19. The second-order valence-corrected chi connectivity index (χ2v) is 8.50. The number of halogens is 1. The first-order valence-corrected chi connectivity index (χ1v) is 11.2. The molecule has 7 nitrogen and oxygen atoms in total. The number of carbonyl (C=O) groups is 4. The van der Waals surface area contributed by atoms with E-state index in [1.54, 1.807) is 54.6 Å². The highest BCUT2D eigenvalue weighted by Crippen LogP contribution is 2.42. The van der Waals surface area contributed by atoms with Crippen LogP contribution in [0.1, 0.15) is 48.5 Å². The average molecular weight is 471 g/mol. The van der Waals surface area contributed by atoms with Gasteiger partial charge in [-0.1, -0.05) is 48.0 Å². The van der Waals surface area contributed by atoms with Gasteiger partial charge in [-0.2, -0.15) is 0 Å². The van der Waals surface area contributed by atoms with Crippen molar-refractivity contribution in [2.75, 3.05) is 13.7 Å². The molecule has 3 rings (SSSR count). The Bertz CT molecular complexity index is 1040. The number of nitrogens with zero attached hydrogens (tertiary/aromatic N) is 1. The van der Waals surface area contributed by atoms with Crippen molar-refractivity contribution < 1.29 is 23.9 Å². The number of likely N-dealkylation sites (N-methyl/N-ethyl adjacent to an activating group) is 1. The maximum Gasteiger partial charge on any atom is 0.328 e. The average Bonchev–Trinajstić information content (AvgIpc) is 2.83. The molecule has 0 radical (unpaired) electrons. The third kappa shape index (κ3) is 5.25.